The van der Waals surface area contributed by atoms with Crippen LogP contribution < -0.4 is 5.32 Å². The van der Waals surface area contributed by atoms with Crippen molar-refractivity contribution in [2.24, 2.45) is 0 Å². The van der Waals surface area contributed by atoms with E-state index in [0.717, 1.165) is 25.9 Å². The van der Waals surface area contributed by atoms with Crippen molar-refractivity contribution in [3.8, 4) is 0 Å². The van der Waals surface area contributed by atoms with E-state index < -0.39 is 14.8 Å². The predicted octanol–water partition coefficient (Wildman–Crippen LogP) is 1.22. The average molecular weight is 373 g/mol. The van der Waals surface area contributed by atoms with E-state index in [-0.39, 0.29) is 17.6 Å². The van der Waals surface area contributed by atoms with Gasteiger partial charge in [0.25, 0.3) is 4.96 Å². The van der Waals surface area contributed by atoms with Gasteiger partial charge in [-0.15, -0.1) is 0 Å². The van der Waals surface area contributed by atoms with Gasteiger partial charge in [0.05, 0.1) is 5.75 Å². The lowest BCUT2D eigenvalue weighted by Crippen LogP contribution is -2.41. The molecule has 1 aliphatic rings. The summed E-state index contributed by atoms with van der Waals surface area (Å²) in [5.41, 5.74) is 0. The van der Waals surface area contributed by atoms with Crippen LogP contribution in [0.4, 0.5) is 11.6 Å². The van der Waals surface area contributed by atoms with E-state index in [1.807, 2.05) is 0 Å². The Morgan fingerprint density at radius 1 is 1.46 bits per heavy atom. The van der Waals surface area contributed by atoms with E-state index in [1.54, 1.807) is 11.6 Å². The van der Waals surface area contributed by atoms with Crippen LogP contribution in [0.15, 0.2) is 11.6 Å². The summed E-state index contributed by atoms with van der Waals surface area (Å²) in [7, 11) is -2.95. The fourth-order valence-electron chi connectivity index (χ4n) is 2.83. The SMILES string of the molecule is CS(=O)(=O)CCN1CCC(Nc2nc3sccn3c2[N+](=O)[O-])CC1. The van der Waals surface area contributed by atoms with Gasteiger partial charge >= 0.3 is 5.82 Å². The number of sulfone groups is 1. The highest BCUT2D eigenvalue weighted by Gasteiger charge is 2.27. The molecule has 0 aliphatic carbocycles. The monoisotopic (exact) mass is 373 g/mol. The van der Waals surface area contributed by atoms with Gasteiger partial charge in [-0.3, -0.25) is 0 Å². The van der Waals surface area contributed by atoms with Gasteiger partial charge in [-0.05, 0) is 17.8 Å². The van der Waals surface area contributed by atoms with Crippen LogP contribution in [0, 0.1) is 10.1 Å². The summed E-state index contributed by atoms with van der Waals surface area (Å²) in [6, 6.07) is 0.0998. The molecule has 0 bridgehead atoms. The van der Waals surface area contributed by atoms with Crippen LogP contribution >= 0.6 is 11.3 Å². The zero-order chi connectivity index (χ0) is 17.3. The number of likely N-dealkylation sites (tertiary alicyclic amines) is 1. The summed E-state index contributed by atoms with van der Waals surface area (Å²) in [6.45, 7) is 2.07. The average Bonchev–Trinajstić information content (AvgIpc) is 3.05. The van der Waals surface area contributed by atoms with Gasteiger partial charge < -0.3 is 20.3 Å². The molecule has 1 saturated heterocycles. The second-order valence-corrected chi connectivity index (χ2v) is 9.12. The molecule has 0 spiro atoms. The van der Waals surface area contributed by atoms with Crippen LogP contribution in [0.25, 0.3) is 4.96 Å². The van der Waals surface area contributed by atoms with Gasteiger partial charge in [0.1, 0.15) is 16.0 Å². The number of imidazole rings is 1. The number of nitro groups is 1. The van der Waals surface area contributed by atoms with Crippen LogP contribution in [0.5, 0.6) is 0 Å². The molecular weight excluding hydrogens is 354 g/mol. The number of anilines is 1. The number of rotatable bonds is 6. The van der Waals surface area contributed by atoms with Gasteiger partial charge in [0.15, 0.2) is 0 Å². The molecule has 0 amide bonds. The normalized spacial score (nSPS) is 17.4. The summed E-state index contributed by atoms with van der Waals surface area (Å²) in [4.78, 5) is 17.9. The molecule has 3 heterocycles. The maximum absolute atomic E-state index is 11.3. The molecule has 3 rings (SSSR count). The number of aromatic nitrogens is 2. The Labute approximate surface area is 143 Å². The van der Waals surface area contributed by atoms with Crippen molar-refractivity contribution >= 4 is 37.8 Å². The lowest BCUT2D eigenvalue weighted by Gasteiger charge is -2.32. The second kappa shape index (κ2) is 6.65. The van der Waals surface area contributed by atoms with Crippen LogP contribution in [-0.2, 0) is 9.84 Å². The Morgan fingerprint density at radius 3 is 2.79 bits per heavy atom. The van der Waals surface area contributed by atoms with E-state index in [2.05, 4.69) is 15.2 Å². The lowest BCUT2D eigenvalue weighted by atomic mass is 10.1. The van der Waals surface area contributed by atoms with Gasteiger partial charge in [-0.25, -0.2) is 8.42 Å². The molecule has 132 valence electrons. The number of thiazole rings is 1. The zero-order valence-corrected chi connectivity index (χ0v) is 14.8. The third-order valence-corrected chi connectivity index (χ3v) is 5.80. The Balaban J connectivity index is 1.61. The maximum Gasteiger partial charge on any atom is 0.372 e. The summed E-state index contributed by atoms with van der Waals surface area (Å²) in [5, 5.41) is 16.3. The molecule has 0 saturated carbocycles. The minimum Gasteiger partial charge on any atom is -0.360 e. The molecule has 1 fully saturated rings. The van der Waals surface area contributed by atoms with Crippen molar-refractivity contribution in [1.29, 1.82) is 0 Å². The molecule has 1 aliphatic heterocycles. The fourth-order valence-corrected chi connectivity index (χ4v) is 4.13. The van der Waals surface area contributed by atoms with Crippen LogP contribution in [0.3, 0.4) is 0 Å². The number of hydrogen-bond donors (Lipinski definition) is 1. The van der Waals surface area contributed by atoms with E-state index in [0.29, 0.717) is 17.3 Å². The molecular formula is C13H19N5O4S2. The number of hydrogen-bond acceptors (Lipinski definition) is 8. The summed E-state index contributed by atoms with van der Waals surface area (Å²) < 4.78 is 23.9. The minimum absolute atomic E-state index is 0.0363. The zero-order valence-electron chi connectivity index (χ0n) is 13.2. The van der Waals surface area contributed by atoms with E-state index in [1.165, 1.54) is 22.0 Å². The topological polar surface area (TPSA) is 110 Å². The molecule has 9 nitrogen and oxygen atoms in total. The van der Waals surface area contributed by atoms with Crippen molar-refractivity contribution < 1.29 is 13.3 Å². The van der Waals surface area contributed by atoms with Gasteiger partial charge in [0, 0.05) is 37.3 Å². The van der Waals surface area contributed by atoms with Crippen molar-refractivity contribution in [2.45, 2.75) is 18.9 Å². The smallest absolute Gasteiger partial charge is 0.360 e. The number of nitrogens with zero attached hydrogens (tertiary/aromatic N) is 4. The first-order chi connectivity index (χ1) is 11.3. The Bertz CT molecular complexity index is 836. The summed E-state index contributed by atoms with van der Waals surface area (Å²) in [5.74, 6) is 0.431. The number of piperidine rings is 1. The van der Waals surface area contributed by atoms with Gasteiger partial charge in [-0.2, -0.15) is 9.38 Å². The van der Waals surface area contributed by atoms with Crippen molar-refractivity contribution in [3.63, 3.8) is 0 Å². The first-order valence-electron chi connectivity index (χ1n) is 7.60. The highest BCUT2D eigenvalue weighted by atomic mass is 32.2. The quantitative estimate of drug-likeness (QED) is 0.599. The molecule has 0 radical (unpaired) electrons. The molecule has 0 aromatic carbocycles. The minimum atomic E-state index is -2.95. The molecule has 11 heteroatoms. The van der Waals surface area contributed by atoms with Crippen LogP contribution in [-0.4, -0.2) is 65.3 Å². The predicted molar refractivity (Wildman–Crippen MR) is 92.5 cm³/mol. The standard InChI is InChI=1S/C13H19N5O4S2/c1-24(21,22)9-7-16-4-2-10(3-5-16)14-11-12(18(19)20)17-6-8-23-13(17)15-11/h6,8,10,14H,2-5,7,9H2,1H3. The molecule has 1 N–H and O–H groups in total. The van der Waals surface area contributed by atoms with E-state index >= 15 is 0 Å². The second-order valence-electron chi connectivity index (χ2n) is 5.99. The van der Waals surface area contributed by atoms with Crippen molar-refractivity contribution in [2.75, 3.05) is 37.0 Å². The first kappa shape index (κ1) is 17.1. The van der Waals surface area contributed by atoms with Gasteiger partial charge in [-0.1, -0.05) is 11.3 Å². The number of fused-ring (bicyclic) bond motifs is 1. The summed E-state index contributed by atoms with van der Waals surface area (Å²) in [6.07, 6.45) is 4.48. The Kier molecular flexibility index (Phi) is 4.74. The maximum atomic E-state index is 11.3. The van der Waals surface area contributed by atoms with Crippen LogP contribution in [0.2, 0.25) is 0 Å². The van der Waals surface area contributed by atoms with Crippen LogP contribution in [0.1, 0.15) is 12.8 Å². The number of nitrogens with one attached hydrogen (secondary N) is 1. The third-order valence-electron chi connectivity index (χ3n) is 4.12. The molecule has 2 aromatic rings. The van der Waals surface area contributed by atoms with E-state index in [9.17, 15) is 18.5 Å². The summed E-state index contributed by atoms with van der Waals surface area (Å²) >= 11 is 1.35. The first-order valence-corrected chi connectivity index (χ1v) is 10.5. The molecule has 2 aromatic heterocycles. The molecule has 24 heavy (non-hydrogen) atoms. The van der Waals surface area contributed by atoms with Crippen molar-refractivity contribution in [1.82, 2.24) is 14.3 Å². The highest BCUT2D eigenvalue weighted by molar-refractivity contribution is 7.90. The lowest BCUT2D eigenvalue weighted by molar-refractivity contribution is -0.389. The third kappa shape index (κ3) is 3.84. The van der Waals surface area contributed by atoms with Crippen molar-refractivity contribution in [3.05, 3.63) is 21.7 Å². The molecule has 0 unspecified atom stereocenters. The van der Waals surface area contributed by atoms with Gasteiger partial charge in [0.2, 0.25) is 5.82 Å². The Hall–Kier alpha value is -1.72. The fraction of sp³-hybridized carbons (Fsp3) is 0.615. The highest BCUT2D eigenvalue weighted by Crippen LogP contribution is 2.29. The Morgan fingerprint density at radius 2 is 2.17 bits per heavy atom. The largest absolute Gasteiger partial charge is 0.372 e. The van der Waals surface area contributed by atoms with E-state index in [4.69, 9.17) is 0 Å². The molecule has 0 atom stereocenters.